The summed E-state index contributed by atoms with van der Waals surface area (Å²) in [6.45, 7) is 40.5. The van der Waals surface area contributed by atoms with Gasteiger partial charge in [0.15, 0.2) is 0 Å². The molecule has 0 saturated heterocycles. The topological polar surface area (TPSA) is 6.48 Å². The van der Waals surface area contributed by atoms with E-state index in [2.05, 4.69) is 237 Å². The zero-order chi connectivity index (χ0) is 48.1. The van der Waals surface area contributed by atoms with Crippen molar-refractivity contribution < 1.29 is 0 Å². The van der Waals surface area contributed by atoms with Gasteiger partial charge in [0.2, 0.25) is 0 Å². The molecule has 1 aromatic heterocycles. The van der Waals surface area contributed by atoms with E-state index in [9.17, 15) is 0 Å². The van der Waals surface area contributed by atoms with Gasteiger partial charge < -0.3 is 9.80 Å². The first kappa shape index (κ1) is 45.7. The van der Waals surface area contributed by atoms with Crippen LogP contribution in [-0.4, -0.2) is 6.71 Å². The van der Waals surface area contributed by atoms with Gasteiger partial charge in [0.05, 0.1) is 5.69 Å². The van der Waals surface area contributed by atoms with Crippen LogP contribution in [0, 0.1) is 6.92 Å². The summed E-state index contributed by atoms with van der Waals surface area (Å²) in [4.78, 5) is 5.40. The molecule has 0 amide bonds. The minimum Gasteiger partial charge on any atom is -0.311 e. The van der Waals surface area contributed by atoms with Crippen LogP contribution in [0.3, 0.4) is 0 Å². The molecule has 3 heterocycles. The SMILES string of the molecule is Cc1ccccc1-c1cc2c3c(c1)N(c1ccc4c(c1)C(C)(C)CCC4(C)C)c1c(sc4ccc(C(C)(C)C)cc14)B3c1ccc(C(C)(C)C)cc1N2c1cc(C(C)(C)C)cc(C(C)(C)C)c1. The van der Waals surface area contributed by atoms with Crippen LogP contribution in [0.15, 0.2) is 109 Å². The van der Waals surface area contributed by atoms with Crippen LogP contribution in [0.1, 0.15) is 163 Å². The molecule has 0 fully saturated rings. The molecule has 0 unspecified atom stereocenters. The fourth-order valence-corrected chi connectivity index (χ4v) is 12.6. The van der Waals surface area contributed by atoms with Gasteiger partial charge in [0.1, 0.15) is 0 Å². The van der Waals surface area contributed by atoms with Crippen LogP contribution < -0.4 is 25.5 Å². The van der Waals surface area contributed by atoms with Crippen molar-refractivity contribution in [2.75, 3.05) is 9.80 Å². The third-order valence-corrected chi connectivity index (χ3v) is 17.1. The van der Waals surface area contributed by atoms with Gasteiger partial charge >= 0.3 is 0 Å². The fourth-order valence-electron chi connectivity index (χ4n) is 11.3. The molecule has 3 aliphatic rings. The van der Waals surface area contributed by atoms with E-state index in [0.29, 0.717) is 0 Å². The fraction of sp³-hybridized carbons (Fsp3) is 0.397. The first-order chi connectivity index (χ1) is 31.1. The average molecular weight is 901 g/mol. The van der Waals surface area contributed by atoms with E-state index in [-0.39, 0.29) is 39.2 Å². The highest BCUT2D eigenvalue weighted by Crippen LogP contribution is 2.53. The van der Waals surface area contributed by atoms with Crippen molar-refractivity contribution in [3.05, 3.63) is 148 Å². The molecule has 67 heavy (non-hydrogen) atoms. The number of fused-ring (bicyclic) bond motifs is 7. The van der Waals surface area contributed by atoms with Crippen LogP contribution in [0.5, 0.6) is 0 Å². The Morgan fingerprint density at radius 2 is 1.07 bits per heavy atom. The summed E-state index contributed by atoms with van der Waals surface area (Å²) >= 11 is 2.01. The zero-order valence-corrected chi connectivity index (χ0v) is 44.5. The quantitative estimate of drug-likeness (QED) is 0.163. The maximum absolute atomic E-state index is 2.72. The molecule has 6 aromatic carbocycles. The molecule has 10 rings (SSSR count). The van der Waals surface area contributed by atoms with Crippen LogP contribution in [0.4, 0.5) is 34.1 Å². The van der Waals surface area contributed by atoms with Gasteiger partial charge in [-0.3, -0.25) is 0 Å². The number of thiophene rings is 1. The van der Waals surface area contributed by atoms with Gasteiger partial charge in [-0.05, 0) is 168 Å². The molecule has 0 saturated carbocycles. The van der Waals surface area contributed by atoms with Crippen LogP contribution >= 0.6 is 11.3 Å². The van der Waals surface area contributed by atoms with Gasteiger partial charge in [0.25, 0.3) is 6.71 Å². The molecule has 7 aromatic rings. The van der Waals surface area contributed by atoms with Crippen LogP contribution in [0.2, 0.25) is 0 Å². The third-order valence-electron chi connectivity index (χ3n) is 15.9. The zero-order valence-electron chi connectivity index (χ0n) is 43.7. The lowest BCUT2D eigenvalue weighted by Crippen LogP contribution is -2.60. The molecule has 0 bridgehead atoms. The first-order valence-electron chi connectivity index (χ1n) is 25.0. The van der Waals surface area contributed by atoms with E-state index in [1.807, 2.05) is 11.3 Å². The molecule has 2 nitrogen and oxygen atoms in total. The van der Waals surface area contributed by atoms with Gasteiger partial charge in [-0.1, -0.05) is 165 Å². The second-order valence-electron chi connectivity index (χ2n) is 25.9. The number of anilines is 6. The third kappa shape index (κ3) is 7.51. The van der Waals surface area contributed by atoms with Gasteiger partial charge in [-0.25, -0.2) is 0 Å². The smallest absolute Gasteiger partial charge is 0.264 e. The molecule has 344 valence electrons. The standard InChI is InChI=1S/C63H73BN2S/c1-38-20-18-19-21-46(38)39-30-52-55-53(31-39)66(44-24-25-48-49(37-44)63(16,17)29-28-62(48,14)15)56-47-35-40(58(2,3)4)23-27-54(47)67-57(56)64(55)50-26-22-41(59(5,6)7)36-51(50)65(52)45-33-42(60(8,9)10)32-43(34-45)61(11,12)13/h18-27,30-37H,28-29H2,1-17H3. The molecule has 0 spiro atoms. The van der Waals surface area contributed by atoms with Crippen LogP contribution in [-0.2, 0) is 32.5 Å². The van der Waals surface area contributed by atoms with E-state index >= 15 is 0 Å². The van der Waals surface area contributed by atoms with Gasteiger partial charge in [-0.15, -0.1) is 11.3 Å². The predicted molar refractivity (Wildman–Crippen MR) is 296 cm³/mol. The number of benzene rings is 6. The molecule has 0 radical (unpaired) electrons. The van der Waals surface area contributed by atoms with E-state index in [0.717, 1.165) is 0 Å². The van der Waals surface area contributed by atoms with Crippen molar-refractivity contribution in [2.45, 2.75) is 163 Å². The summed E-state index contributed by atoms with van der Waals surface area (Å²) in [5, 5.41) is 1.35. The summed E-state index contributed by atoms with van der Waals surface area (Å²) in [5.41, 5.74) is 22.7. The first-order valence-corrected chi connectivity index (χ1v) is 25.8. The molecule has 1 aliphatic carbocycles. The van der Waals surface area contributed by atoms with E-state index in [1.54, 1.807) is 0 Å². The Labute approximate surface area is 407 Å². The highest BCUT2D eigenvalue weighted by molar-refractivity contribution is 7.33. The average Bonchev–Trinajstić information content (AvgIpc) is 3.62. The minimum absolute atomic E-state index is 0.00180. The summed E-state index contributed by atoms with van der Waals surface area (Å²) < 4.78 is 2.78. The monoisotopic (exact) mass is 901 g/mol. The Morgan fingerprint density at radius 1 is 0.507 bits per heavy atom. The van der Waals surface area contributed by atoms with Crippen molar-refractivity contribution >= 4 is 78.0 Å². The highest BCUT2D eigenvalue weighted by atomic mass is 32.1. The Kier molecular flexibility index (Phi) is 10.2. The number of rotatable bonds is 3. The summed E-state index contributed by atoms with van der Waals surface area (Å²) in [6.07, 6.45) is 2.36. The normalized spacial score (nSPS) is 16.5. The maximum atomic E-state index is 2.72. The van der Waals surface area contributed by atoms with Crippen LogP contribution in [0.25, 0.3) is 21.2 Å². The highest BCUT2D eigenvalue weighted by Gasteiger charge is 2.47. The number of aryl methyl sites for hydroxylation is 1. The molecular weight excluding hydrogens is 828 g/mol. The largest absolute Gasteiger partial charge is 0.311 e. The Hall–Kier alpha value is -5.06. The molecule has 0 N–H and O–H groups in total. The molecular formula is C63H73BN2S. The van der Waals surface area contributed by atoms with E-state index in [1.165, 1.54) is 123 Å². The summed E-state index contributed by atoms with van der Waals surface area (Å²) in [7, 11) is 0. The molecule has 2 aliphatic heterocycles. The lowest BCUT2D eigenvalue weighted by molar-refractivity contribution is 0.332. The van der Waals surface area contributed by atoms with E-state index < -0.39 is 0 Å². The Morgan fingerprint density at radius 3 is 1.69 bits per heavy atom. The second kappa shape index (κ2) is 15.0. The minimum atomic E-state index is -0.0453. The van der Waals surface area contributed by atoms with E-state index in [4.69, 9.17) is 0 Å². The summed E-state index contributed by atoms with van der Waals surface area (Å²) in [5.74, 6) is 0. The maximum Gasteiger partial charge on any atom is 0.264 e. The van der Waals surface area contributed by atoms with Gasteiger partial charge in [0, 0.05) is 43.3 Å². The number of hydrogen-bond acceptors (Lipinski definition) is 3. The number of nitrogens with zero attached hydrogens (tertiary/aromatic N) is 2. The van der Waals surface area contributed by atoms with Crippen molar-refractivity contribution in [1.29, 1.82) is 0 Å². The molecule has 0 atom stereocenters. The van der Waals surface area contributed by atoms with Crippen molar-refractivity contribution in [3.63, 3.8) is 0 Å². The van der Waals surface area contributed by atoms with Crippen molar-refractivity contribution in [3.8, 4) is 11.1 Å². The lowest BCUT2D eigenvalue weighted by Gasteiger charge is -2.45. The van der Waals surface area contributed by atoms with Crippen molar-refractivity contribution in [2.24, 2.45) is 0 Å². The second-order valence-corrected chi connectivity index (χ2v) is 27.0. The Bertz CT molecular complexity index is 3120. The summed E-state index contributed by atoms with van der Waals surface area (Å²) in [6, 6.07) is 43.9. The number of hydrogen-bond donors (Lipinski definition) is 0. The van der Waals surface area contributed by atoms with Crippen molar-refractivity contribution in [1.82, 2.24) is 0 Å². The molecule has 4 heteroatoms. The van der Waals surface area contributed by atoms with Gasteiger partial charge in [-0.2, -0.15) is 0 Å². The predicted octanol–water partition coefficient (Wildman–Crippen LogP) is 16.5. The lowest BCUT2D eigenvalue weighted by atomic mass is 9.36. The Balaban J connectivity index is 1.39.